The summed E-state index contributed by atoms with van der Waals surface area (Å²) in [6.07, 6.45) is 3.92. The highest BCUT2D eigenvalue weighted by molar-refractivity contribution is 4.91. The maximum absolute atomic E-state index is 5.28. The van der Waals surface area contributed by atoms with E-state index in [1.165, 1.54) is 0 Å². The molecule has 0 amide bonds. The van der Waals surface area contributed by atoms with Crippen LogP contribution in [0.3, 0.4) is 0 Å². The molecule has 0 aromatic carbocycles. The molecule has 2 rings (SSSR count). The van der Waals surface area contributed by atoms with Crippen molar-refractivity contribution in [2.45, 2.75) is 39.7 Å². The Morgan fingerprint density at radius 2 is 2.00 bits per heavy atom. The normalized spacial score (nSPS) is 17.4. The molecule has 1 fully saturated rings. The first-order chi connectivity index (χ1) is 6.88. The topological polar surface area (TPSA) is 39.9 Å². The Kier molecular flexibility index (Phi) is 4.59. The van der Waals surface area contributed by atoms with Crippen LogP contribution in [-0.4, -0.2) is 28.2 Å². The van der Waals surface area contributed by atoms with Gasteiger partial charge in [0.05, 0.1) is 17.9 Å². The van der Waals surface area contributed by atoms with Gasteiger partial charge in [-0.3, -0.25) is 0 Å². The Balaban J connectivity index is 0.000000461. The average molecular weight is 197 g/mol. The molecule has 4 heteroatoms. The van der Waals surface area contributed by atoms with E-state index in [2.05, 4.69) is 10.3 Å². The van der Waals surface area contributed by atoms with Crippen molar-refractivity contribution in [3.63, 3.8) is 0 Å². The van der Waals surface area contributed by atoms with Gasteiger partial charge in [-0.05, 0) is 19.8 Å². The lowest BCUT2D eigenvalue weighted by atomic mass is 10.1. The Bertz CT molecular complexity index is 254. The van der Waals surface area contributed by atoms with E-state index in [4.69, 9.17) is 4.74 Å². The molecule has 1 saturated heterocycles. The molecule has 14 heavy (non-hydrogen) atoms. The van der Waals surface area contributed by atoms with Crippen molar-refractivity contribution in [2.75, 3.05) is 13.2 Å². The minimum absolute atomic E-state index is 0.501. The number of ether oxygens (including phenoxy) is 1. The summed E-state index contributed by atoms with van der Waals surface area (Å²) in [5.74, 6) is 0. The fraction of sp³-hybridized carbons (Fsp3) is 0.800. The number of nitrogens with zero attached hydrogens (tertiary/aromatic N) is 3. The smallest absolute Gasteiger partial charge is 0.0722 e. The molecular formula is C10H19N3O. The van der Waals surface area contributed by atoms with Crippen LogP contribution in [0.4, 0.5) is 0 Å². The number of aryl methyl sites for hydroxylation is 1. The quantitative estimate of drug-likeness (QED) is 0.691. The summed E-state index contributed by atoms with van der Waals surface area (Å²) in [5, 5.41) is 7.92. The van der Waals surface area contributed by atoms with Crippen molar-refractivity contribution in [1.29, 1.82) is 0 Å². The second-order valence-corrected chi connectivity index (χ2v) is 3.16. The molecule has 1 aromatic rings. The van der Waals surface area contributed by atoms with Gasteiger partial charge in [0.1, 0.15) is 0 Å². The van der Waals surface area contributed by atoms with Gasteiger partial charge >= 0.3 is 0 Å². The molecule has 0 spiro atoms. The monoisotopic (exact) mass is 197 g/mol. The van der Waals surface area contributed by atoms with Crippen LogP contribution in [0.5, 0.6) is 0 Å². The van der Waals surface area contributed by atoms with Crippen molar-refractivity contribution in [2.24, 2.45) is 0 Å². The molecule has 0 unspecified atom stereocenters. The number of hydrogen-bond acceptors (Lipinski definition) is 3. The Hall–Kier alpha value is -0.900. The molecule has 80 valence electrons. The molecule has 4 nitrogen and oxygen atoms in total. The van der Waals surface area contributed by atoms with Gasteiger partial charge in [-0.25, -0.2) is 4.68 Å². The fourth-order valence-electron chi connectivity index (χ4n) is 1.59. The maximum Gasteiger partial charge on any atom is 0.0722 e. The summed E-state index contributed by atoms with van der Waals surface area (Å²) < 4.78 is 7.28. The lowest BCUT2D eigenvalue weighted by molar-refractivity contribution is 0.0651. The molecular weight excluding hydrogens is 178 g/mol. The number of hydrogen-bond donors (Lipinski definition) is 0. The minimum Gasteiger partial charge on any atom is -0.381 e. The van der Waals surface area contributed by atoms with Gasteiger partial charge in [-0.2, -0.15) is 0 Å². The molecule has 0 radical (unpaired) electrons. The number of aromatic nitrogens is 3. The van der Waals surface area contributed by atoms with E-state index in [1.807, 2.05) is 25.5 Å². The predicted molar refractivity (Wildman–Crippen MR) is 55.2 cm³/mol. The lowest BCUT2D eigenvalue weighted by Gasteiger charge is -2.22. The summed E-state index contributed by atoms with van der Waals surface area (Å²) in [6, 6.07) is 0.501. The van der Waals surface area contributed by atoms with Crippen LogP contribution in [0.25, 0.3) is 0 Å². The summed E-state index contributed by atoms with van der Waals surface area (Å²) in [4.78, 5) is 0. The van der Waals surface area contributed by atoms with Crippen molar-refractivity contribution < 1.29 is 4.74 Å². The zero-order chi connectivity index (χ0) is 10.4. The van der Waals surface area contributed by atoms with E-state index in [0.29, 0.717) is 6.04 Å². The van der Waals surface area contributed by atoms with Crippen LogP contribution >= 0.6 is 0 Å². The van der Waals surface area contributed by atoms with Crippen molar-refractivity contribution in [3.05, 3.63) is 11.9 Å². The SMILES string of the molecule is CC.Cc1cnnn1C1CCOCC1. The first kappa shape index (κ1) is 11.2. The third-order valence-electron chi connectivity index (χ3n) is 2.29. The fourth-order valence-corrected chi connectivity index (χ4v) is 1.59. The van der Waals surface area contributed by atoms with Gasteiger partial charge in [0.2, 0.25) is 0 Å². The molecule has 0 bridgehead atoms. The summed E-state index contributed by atoms with van der Waals surface area (Å²) >= 11 is 0. The predicted octanol–water partition coefficient (Wildman–Crippen LogP) is 1.96. The van der Waals surface area contributed by atoms with Crippen LogP contribution in [0, 0.1) is 6.92 Å². The van der Waals surface area contributed by atoms with E-state index in [0.717, 1.165) is 31.7 Å². The van der Waals surface area contributed by atoms with Crippen LogP contribution < -0.4 is 0 Å². The molecule has 0 aliphatic carbocycles. The highest BCUT2D eigenvalue weighted by atomic mass is 16.5. The third kappa shape index (κ3) is 2.54. The molecule has 0 N–H and O–H groups in total. The first-order valence-corrected chi connectivity index (χ1v) is 5.32. The Morgan fingerprint density at radius 3 is 2.50 bits per heavy atom. The van der Waals surface area contributed by atoms with E-state index < -0.39 is 0 Å². The van der Waals surface area contributed by atoms with Crippen LogP contribution in [0.1, 0.15) is 38.4 Å². The summed E-state index contributed by atoms with van der Waals surface area (Å²) in [6.45, 7) is 7.74. The van der Waals surface area contributed by atoms with Gasteiger partial charge < -0.3 is 4.74 Å². The van der Waals surface area contributed by atoms with Crippen LogP contribution in [0.2, 0.25) is 0 Å². The van der Waals surface area contributed by atoms with Gasteiger partial charge in [-0.1, -0.05) is 19.1 Å². The van der Waals surface area contributed by atoms with E-state index >= 15 is 0 Å². The van der Waals surface area contributed by atoms with Crippen LogP contribution in [0.15, 0.2) is 6.20 Å². The zero-order valence-corrected chi connectivity index (χ0v) is 9.23. The molecule has 1 aromatic heterocycles. The second kappa shape index (κ2) is 5.75. The Labute approximate surface area is 85.3 Å². The van der Waals surface area contributed by atoms with Gasteiger partial charge in [0.25, 0.3) is 0 Å². The molecule has 1 aliphatic heterocycles. The minimum atomic E-state index is 0.501. The van der Waals surface area contributed by atoms with E-state index in [1.54, 1.807) is 6.20 Å². The van der Waals surface area contributed by atoms with Crippen molar-refractivity contribution in [3.8, 4) is 0 Å². The zero-order valence-electron chi connectivity index (χ0n) is 9.23. The largest absolute Gasteiger partial charge is 0.381 e. The maximum atomic E-state index is 5.28. The average Bonchev–Trinajstić information content (AvgIpc) is 2.69. The third-order valence-corrected chi connectivity index (χ3v) is 2.29. The molecule has 0 atom stereocenters. The summed E-state index contributed by atoms with van der Waals surface area (Å²) in [7, 11) is 0. The van der Waals surface area contributed by atoms with E-state index in [9.17, 15) is 0 Å². The van der Waals surface area contributed by atoms with Crippen molar-refractivity contribution in [1.82, 2.24) is 15.0 Å². The highest BCUT2D eigenvalue weighted by Crippen LogP contribution is 2.20. The number of rotatable bonds is 1. The first-order valence-electron chi connectivity index (χ1n) is 5.32. The van der Waals surface area contributed by atoms with E-state index in [-0.39, 0.29) is 0 Å². The van der Waals surface area contributed by atoms with Gasteiger partial charge in [0.15, 0.2) is 0 Å². The molecule has 0 saturated carbocycles. The lowest BCUT2D eigenvalue weighted by Crippen LogP contribution is -2.21. The second-order valence-electron chi connectivity index (χ2n) is 3.16. The summed E-state index contributed by atoms with van der Waals surface area (Å²) in [5.41, 5.74) is 1.14. The van der Waals surface area contributed by atoms with Crippen molar-refractivity contribution >= 4 is 0 Å². The molecule has 1 aliphatic rings. The standard InChI is InChI=1S/C8H13N3O.C2H6/c1-7-6-9-10-11(7)8-2-4-12-5-3-8;1-2/h6,8H,2-5H2,1H3;1-2H3. The Morgan fingerprint density at radius 1 is 1.36 bits per heavy atom. The van der Waals surface area contributed by atoms with Crippen LogP contribution in [-0.2, 0) is 4.74 Å². The van der Waals surface area contributed by atoms with Gasteiger partial charge in [-0.15, -0.1) is 5.10 Å². The van der Waals surface area contributed by atoms with Gasteiger partial charge in [0, 0.05) is 13.2 Å². The highest BCUT2D eigenvalue weighted by Gasteiger charge is 2.17. The molecule has 2 heterocycles.